The van der Waals surface area contributed by atoms with Crippen LogP contribution in [0, 0.1) is 0 Å². The van der Waals surface area contributed by atoms with Gasteiger partial charge in [-0.1, -0.05) is 30.3 Å². The number of nitrogens with zero attached hydrogens (tertiary/aromatic N) is 4. The van der Waals surface area contributed by atoms with Crippen LogP contribution in [0.2, 0.25) is 0 Å². The number of carbonyl (C=O) groups is 2. The van der Waals surface area contributed by atoms with E-state index in [1.165, 1.54) is 0 Å². The van der Waals surface area contributed by atoms with Crippen molar-refractivity contribution >= 4 is 17.8 Å². The monoisotopic (exact) mass is 482 g/mol. The van der Waals surface area contributed by atoms with E-state index < -0.39 is 0 Å². The summed E-state index contributed by atoms with van der Waals surface area (Å²) in [6, 6.07) is 17.7. The van der Waals surface area contributed by atoms with E-state index >= 15 is 0 Å². The minimum atomic E-state index is -0.259. The summed E-state index contributed by atoms with van der Waals surface area (Å²) in [5.74, 6) is 0.319. The first kappa shape index (κ1) is 23.5. The molecule has 0 saturated carbocycles. The number of hydrogen-bond acceptors (Lipinski definition) is 4. The average molecular weight is 483 g/mol. The molecule has 5 rings (SSSR count). The van der Waals surface area contributed by atoms with Crippen molar-refractivity contribution in [2.45, 2.75) is 51.6 Å². The smallest absolute Gasteiger partial charge is 0.258 e. The van der Waals surface area contributed by atoms with Crippen LogP contribution in [0.5, 0.6) is 0 Å². The molecule has 2 aromatic heterocycles. The molecule has 1 saturated heterocycles. The maximum Gasteiger partial charge on any atom is 0.258 e. The van der Waals surface area contributed by atoms with Gasteiger partial charge in [-0.05, 0) is 56.5 Å². The summed E-state index contributed by atoms with van der Waals surface area (Å²) < 4.78 is 1.86. The third-order valence-corrected chi connectivity index (χ3v) is 6.81. The van der Waals surface area contributed by atoms with Gasteiger partial charge in [-0.15, -0.1) is 0 Å². The number of H-pyrrole nitrogens is 1. The van der Waals surface area contributed by atoms with Gasteiger partial charge in [0, 0.05) is 54.1 Å². The van der Waals surface area contributed by atoms with E-state index in [2.05, 4.69) is 29.4 Å². The Labute approximate surface area is 210 Å². The van der Waals surface area contributed by atoms with Crippen molar-refractivity contribution in [2.75, 3.05) is 5.32 Å². The van der Waals surface area contributed by atoms with Crippen molar-refractivity contribution in [3.63, 3.8) is 0 Å². The Bertz CT molecular complexity index is 1340. The molecule has 8 nitrogen and oxygen atoms in total. The Morgan fingerprint density at radius 1 is 1.03 bits per heavy atom. The molecule has 4 aromatic rings. The molecule has 36 heavy (non-hydrogen) atoms. The summed E-state index contributed by atoms with van der Waals surface area (Å²) in [6.45, 7) is 4.22. The second kappa shape index (κ2) is 10.2. The molecule has 1 aliphatic heterocycles. The number of imidazole rings is 1. The summed E-state index contributed by atoms with van der Waals surface area (Å²) in [4.78, 5) is 32.8. The zero-order chi connectivity index (χ0) is 25.1. The van der Waals surface area contributed by atoms with Gasteiger partial charge in [0.15, 0.2) is 0 Å². The SMILES string of the molecule is C[C@@H]1CC[C@@H](C)N1C(=O)CCc1cn(-c2ccccc2)c(NC(=O)c2cccc(-c3cn[nH]c3)c2)n1. The van der Waals surface area contributed by atoms with Gasteiger partial charge in [0.25, 0.3) is 5.91 Å². The van der Waals surface area contributed by atoms with Crippen LogP contribution in [-0.4, -0.2) is 48.5 Å². The van der Waals surface area contributed by atoms with Crippen LogP contribution in [0.4, 0.5) is 5.95 Å². The number of rotatable bonds is 7. The van der Waals surface area contributed by atoms with E-state index in [-0.39, 0.29) is 23.9 Å². The van der Waals surface area contributed by atoms with E-state index in [1.807, 2.05) is 64.2 Å². The predicted molar refractivity (Wildman–Crippen MR) is 139 cm³/mol. The fourth-order valence-corrected chi connectivity index (χ4v) is 4.90. The summed E-state index contributed by atoms with van der Waals surface area (Å²) in [5.41, 5.74) is 3.96. The fourth-order valence-electron chi connectivity index (χ4n) is 4.90. The highest BCUT2D eigenvalue weighted by Crippen LogP contribution is 2.25. The van der Waals surface area contributed by atoms with Crippen molar-refractivity contribution in [1.82, 2.24) is 24.6 Å². The minimum absolute atomic E-state index is 0.156. The Balaban J connectivity index is 1.36. The van der Waals surface area contributed by atoms with Crippen molar-refractivity contribution in [1.29, 1.82) is 0 Å². The number of anilines is 1. The number of aromatic amines is 1. The van der Waals surface area contributed by atoms with E-state index in [9.17, 15) is 9.59 Å². The first-order valence-corrected chi connectivity index (χ1v) is 12.3. The van der Waals surface area contributed by atoms with E-state index in [0.717, 1.165) is 35.3 Å². The Hall–Kier alpha value is -4.20. The second-order valence-electron chi connectivity index (χ2n) is 9.36. The Morgan fingerprint density at radius 3 is 2.53 bits per heavy atom. The maximum absolute atomic E-state index is 13.2. The lowest BCUT2D eigenvalue weighted by atomic mass is 10.1. The van der Waals surface area contributed by atoms with Gasteiger partial charge in [-0.2, -0.15) is 5.10 Å². The van der Waals surface area contributed by atoms with Crippen LogP contribution < -0.4 is 5.32 Å². The van der Waals surface area contributed by atoms with Gasteiger partial charge < -0.3 is 4.90 Å². The van der Waals surface area contributed by atoms with Crippen molar-refractivity contribution in [3.05, 3.63) is 84.4 Å². The molecule has 0 spiro atoms. The molecule has 2 N–H and O–H groups in total. The maximum atomic E-state index is 13.2. The van der Waals surface area contributed by atoms with Crippen LogP contribution in [0.15, 0.2) is 73.2 Å². The summed E-state index contributed by atoms with van der Waals surface area (Å²) in [7, 11) is 0. The van der Waals surface area contributed by atoms with E-state index in [0.29, 0.717) is 24.4 Å². The lowest BCUT2D eigenvalue weighted by Crippen LogP contribution is -2.38. The highest BCUT2D eigenvalue weighted by atomic mass is 16.2. The normalized spacial score (nSPS) is 17.3. The van der Waals surface area contributed by atoms with Crippen LogP contribution >= 0.6 is 0 Å². The number of para-hydroxylation sites is 1. The molecular weight excluding hydrogens is 452 g/mol. The van der Waals surface area contributed by atoms with Gasteiger partial charge >= 0.3 is 0 Å². The molecule has 8 heteroatoms. The van der Waals surface area contributed by atoms with Crippen molar-refractivity contribution in [2.24, 2.45) is 0 Å². The molecule has 1 aliphatic rings. The molecule has 0 unspecified atom stereocenters. The number of aromatic nitrogens is 4. The molecule has 2 aromatic carbocycles. The molecular formula is C28H30N6O2. The first-order chi connectivity index (χ1) is 17.5. The average Bonchev–Trinajstić information content (AvgIpc) is 3.64. The third kappa shape index (κ3) is 4.93. The largest absolute Gasteiger partial charge is 0.337 e. The van der Waals surface area contributed by atoms with Crippen molar-refractivity contribution < 1.29 is 9.59 Å². The minimum Gasteiger partial charge on any atom is -0.337 e. The number of likely N-dealkylation sites (tertiary alicyclic amines) is 1. The number of aryl methyl sites for hydroxylation is 1. The van der Waals surface area contributed by atoms with Crippen LogP contribution in [0.3, 0.4) is 0 Å². The number of carbonyl (C=O) groups excluding carboxylic acids is 2. The number of hydrogen-bond donors (Lipinski definition) is 2. The van der Waals surface area contributed by atoms with E-state index in [1.54, 1.807) is 18.5 Å². The van der Waals surface area contributed by atoms with Crippen LogP contribution in [0.1, 0.15) is 49.2 Å². The lowest BCUT2D eigenvalue weighted by molar-refractivity contribution is -0.133. The van der Waals surface area contributed by atoms with Crippen molar-refractivity contribution in [3.8, 4) is 16.8 Å². The number of benzene rings is 2. The van der Waals surface area contributed by atoms with Gasteiger partial charge in [0.1, 0.15) is 0 Å². The first-order valence-electron chi connectivity index (χ1n) is 12.3. The highest BCUT2D eigenvalue weighted by Gasteiger charge is 2.31. The molecule has 2 atom stereocenters. The van der Waals surface area contributed by atoms with Crippen LogP contribution in [0.25, 0.3) is 16.8 Å². The van der Waals surface area contributed by atoms with Gasteiger partial charge in [0.05, 0.1) is 11.9 Å². The molecule has 2 amide bonds. The Morgan fingerprint density at radius 2 is 1.81 bits per heavy atom. The highest BCUT2D eigenvalue weighted by molar-refractivity contribution is 6.04. The Kier molecular flexibility index (Phi) is 6.66. The summed E-state index contributed by atoms with van der Waals surface area (Å²) in [5, 5.41) is 9.75. The van der Waals surface area contributed by atoms with Gasteiger partial charge in [0.2, 0.25) is 11.9 Å². The molecule has 3 heterocycles. The third-order valence-electron chi connectivity index (χ3n) is 6.81. The van der Waals surface area contributed by atoms with Crippen LogP contribution in [-0.2, 0) is 11.2 Å². The number of nitrogens with one attached hydrogen (secondary N) is 2. The molecule has 184 valence electrons. The molecule has 0 aliphatic carbocycles. The second-order valence-corrected chi connectivity index (χ2v) is 9.36. The molecule has 1 fully saturated rings. The molecule has 0 bridgehead atoms. The zero-order valence-corrected chi connectivity index (χ0v) is 20.5. The standard InChI is InChI=1S/C28H30N6O2/c1-19-11-12-20(2)34(19)26(35)14-13-24-18-33(25-9-4-3-5-10-25)28(31-24)32-27(36)22-8-6-7-21(15-22)23-16-29-30-17-23/h3-10,15-20H,11-14H2,1-2H3,(H,29,30)(H,31,32,36)/t19-,20-/m1/s1. The lowest BCUT2D eigenvalue weighted by Gasteiger charge is -2.26. The van der Waals surface area contributed by atoms with Gasteiger partial charge in [-0.3, -0.25) is 24.6 Å². The van der Waals surface area contributed by atoms with Gasteiger partial charge in [-0.25, -0.2) is 4.98 Å². The van der Waals surface area contributed by atoms with E-state index in [4.69, 9.17) is 4.98 Å². The summed E-state index contributed by atoms with van der Waals surface area (Å²) in [6.07, 6.45) is 8.40. The fraction of sp³-hybridized carbons (Fsp3) is 0.286. The summed E-state index contributed by atoms with van der Waals surface area (Å²) >= 11 is 0. The quantitative estimate of drug-likeness (QED) is 0.394. The topological polar surface area (TPSA) is 95.9 Å². The predicted octanol–water partition coefficient (Wildman–Crippen LogP) is 4.85. The zero-order valence-electron chi connectivity index (χ0n) is 20.5. The molecule has 0 radical (unpaired) electrons. The number of amides is 2.